The Hall–Kier alpha value is -1.15. The maximum atomic E-state index is 12.5. The van der Waals surface area contributed by atoms with E-state index in [4.69, 9.17) is 4.74 Å². The first-order valence-electron chi connectivity index (χ1n) is 6.37. The van der Waals surface area contributed by atoms with Crippen molar-refractivity contribution in [2.24, 2.45) is 5.92 Å². The van der Waals surface area contributed by atoms with Gasteiger partial charge in [-0.25, -0.2) is 0 Å². The van der Waals surface area contributed by atoms with Gasteiger partial charge in [0.15, 0.2) is 5.78 Å². The van der Waals surface area contributed by atoms with Crippen molar-refractivity contribution < 1.29 is 9.53 Å². The Kier molecular flexibility index (Phi) is 3.63. The van der Waals surface area contributed by atoms with Gasteiger partial charge in [0.25, 0.3) is 0 Å². The topological polar surface area (TPSA) is 26.3 Å². The molecule has 1 atom stereocenters. The molecular formula is C15H20O2. The summed E-state index contributed by atoms with van der Waals surface area (Å²) in [6.45, 7) is 6.61. The predicted octanol–water partition coefficient (Wildman–Crippen LogP) is 3.30. The molecule has 1 aromatic rings. The van der Waals surface area contributed by atoms with Crippen molar-refractivity contribution in [3.05, 3.63) is 34.9 Å². The molecule has 1 saturated carbocycles. The van der Waals surface area contributed by atoms with E-state index in [-0.39, 0.29) is 11.9 Å². The molecule has 1 unspecified atom stereocenters. The average Bonchev–Trinajstić information content (AvgIpc) is 3.13. The maximum Gasteiger partial charge on any atom is 0.192 e. The molecule has 0 heterocycles. The molecule has 0 spiro atoms. The van der Waals surface area contributed by atoms with E-state index in [0.29, 0.717) is 12.5 Å². The maximum absolute atomic E-state index is 12.5. The van der Waals surface area contributed by atoms with Gasteiger partial charge in [-0.2, -0.15) is 0 Å². The molecule has 92 valence electrons. The Balaban J connectivity index is 2.25. The molecule has 17 heavy (non-hydrogen) atoms. The average molecular weight is 232 g/mol. The third-order valence-electron chi connectivity index (χ3n) is 3.52. The first-order chi connectivity index (χ1) is 8.15. The molecule has 0 N–H and O–H groups in total. The number of rotatable bonds is 5. The van der Waals surface area contributed by atoms with E-state index in [9.17, 15) is 4.79 Å². The van der Waals surface area contributed by atoms with Crippen LogP contribution in [0.25, 0.3) is 0 Å². The molecule has 0 aliphatic heterocycles. The molecule has 2 heteroatoms. The van der Waals surface area contributed by atoms with E-state index in [0.717, 1.165) is 24.0 Å². The summed E-state index contributed by atoms with van der Waals surface area (Å²) in [5.41, 5.74) is 3.08. The second-order valence-corrected chi connectivity index (χ2v) is 4.83. The van der Waals surface area contributed by atoms with Crippen molar-refractivity contribution in [2.75, 3.05) is 6.61 Å². The fraction of sp³-hybridized carbons (Fsp3) is 0.533. The SMILES string of the molecule is CCOC(C(=O)c1cccc(C)c1C)C1CC1. The van der Waals surface area contributed by atoms with Crippen LogP contribution in [0.5, 0.6) is 0 Å². The molecule has 0 saturated heterocycles. The van der Waals surface area contributed by atoms with Crippen LogP contribution >= 0.6 is 0 Å². The number of hydrogen-bond donors (Lipinski definition) is 0. The second kappa shape index (κ2) is 5.01. The predicted molar refractivity (Wildman–Crippen MR) is 68.4 cm³/mol. The van der Waals surface area contributed by atoms with Crippen molar-refractivity contribution in [2.45, 2.75) is 39.7 Å². The number of carbonyl (C=O) groups is 1. The number of benzene rings is 1. The standard InChI is InChI=1S/C15H20O2/c1-4-17-15(12-8-9-12)14(16)13-7-5-6-10(2)11(13)3/h5-7,12,15H,4,8-9H2,1-3H3. The summed E-state index contributed by atoms with van der Waals surface area (Å²) >= 11 is 0. The minimum Gasteiger partial charge on any atom is -0.370 e. The van der Waals surface area contributed by atoms with Crippen LogP contribution in [-0.2, 0) is 4.74 Å². The van der Waals surface area contributed by atoms with Crippen molar-refractivity contribution in [3.8, 4) is 0 Å². The van der Waals surface area contributed by atoms with Crippen LogP contribution in [0, 0.1) is 19.8 Å². The van der Waals surface area contributed by atoms with E-state index in [1.54, 1.807) is 0 Å². The first-order valence-corrected chi connectivity index (χ1v) is 6.37. The molecule has 1 aliphatic rings. The largest absolute Gasteiger partial charge is 0.370 e. The van der Waals surface area contributed by atoms with E-state index in [2.05, 4.69) is 0 Å². The van der Waals surface area contributed by atoms with Gasteiger partial charge < -0.3 is 4.74 Å². The number of aryl methyl sites for hydroxylation is 1. The quantitative estimate of drug-likeness (QED) is 0.728. The third-order valence-corrected chi connectivity index (χ3v) is 3.52. The number of hydrogen-bond acceptors (Lipinski definition) is 2. The molecule has 1 aromatic carbocycles. The lowest BCUT2D eigenvalue weighted by Crippen LogP contribution is -2.27. The van der Waals surface area contributed by atoms with Crippen molar-refractivity contribution in [3.63, 3.8) is 0 Å². The van der Waals surface area contributed by atoms with Crippen molar-refractivity contribution >= 4 is 5.78 Å². The summed E-state index contributed by atoms with van der Waals surface area (Å²) in [4.78, 5) is 12.5. The Morgan fingerprint density at radius 3 is 2.71 bits per heavy atom. The Bertz CT molecular complexity index is 419. The van der Waals surface area contributed by atoms with Crippen molar-refractivity contribution in [1.29, 1.82) is 0 Å². The van der Waals surface area contributed by atoms with Gasteiger partial charge in [0, 0.05) is 12.2 Å². The fourth-order valence-corrected chi connectivity index (χ4v) is 2.18. The summed E-state index contributed by atoms with van der Waals surface area (Å²) in [5.74, 6) is 0.609. The van der Waals surface area contributed by atoms with Gasteiger partial charge in [-0.05, 0) is 50.7 Å². The highest BCUT2D eigenvalue weighted by Gasteiger charge is 2.37. The lowest BCUT2D eigenvalue weighted by atomic mass is 9.96. The fourth-order valence-electron chi connectivity index (χ4n) is 2.18. The van der Waals surface area contributed by atoms with E-state index < -0.39 is 0 Å². The molecule has 2 nitrogen and oxygen atoms in total. The summed E-state index contributed by atoms with van der Waals surface area (Å²) in [7, 11) is 0. The molecule has 2 rings (SSSR count). The van der Waals surface area contributed by atoms with Crippen LogP contribution in [0.2, 0.25) is 0 Å². The summed E-state index contributed by atoms with van der Waals surface area (Å²) < 4.78 is 5.63. The van der Waals surface area contributed by atoms with Gasteiger partial charge in [-0.15, -0.1) is 0 Å². The third kappa shape index (κ3) is 2.58. The number of carbonyl (C=O) groups excluding carboxylic acids is 1. The van der Waals surface area contributed by atoms with E-state index in [1.807, 2.05) is 39.0 Å². The Labute approximate surface area is 103 Å². The monoisotopic (exact) mass is 232 g/mol. The molecular weight excluding hydrogens is 212 g/mol. The minimum atomic E-state index is -0.222. The van der Waals surface area contributed by atoms with Crippen molar-refractivity contribution in [1.82, 2.24) is 0 Å². The Morgan fingerprint density at radius 2 is 2.12 bits per heavy atom. The summed E-state index contributed by atoms with van der Waals surface area (Å²) in [6, 6.07) is 5.91. The summed E-state index contributed by atoms with van der Waals surface area (Å²) in [5, 5.41) is 0. The van der Waals surface area contributed by atoms with Gasteiger partial charge in [0.1, 0.15) is 6.10 Å². The molecule has 1 fully saturated rings. The Morgan fingerprint density at radius 1 is 1.41 bits per heavy atom. The molecule has 0 aromatic heterocycles. The van der Waals surface area contributed by atoms with Crippen LogP contribution < -0.4 is 0 Å². The molecule has 0 bridgehead atoms. The van der Waals surface area contributed by atoms with Crippen LogP contribution in [0.3, 0.4) is 0 Å². The van der Waals surface area contributed by atoms with Gasteiger partial charge in [-0.1, -0.05) is 18.2 Å². The van der Waals surface area contributed by atoms with Crippen LogP contribution in [0.15, 0.2) is 18.2 Å². The zero-order valence-electron chi connectivity index (χ0n) is 10.8. The highest BCUT2D eigenvalue weighted by molar-refractivity contribution is 6.01. The molecule has 1 aliphatic carbocycles. The van der Waals surface area contributed by atoms with Gasteiger partial charge >= 0.3 is 0 Å². The van der Waals surface area contributed by atoms with E-state index >= 15 is 0 Å². The normalized spacial score (nSPS) is 16.9. The lowest BCUT2D eigenvalue weighted by Gasteiger charge is -2.17. The highest BCUT2D eigenvalue weighted by atomic mass is 16.5. The zero-order valence-corrected chi connectivity index (χ0v) is 10.8. The van der Waals surface area contributed by atoms with E-state index in [1.165, 1.54) is 5.56 Å². The molecule has 0 amide bonds. The summed E-state index contributed by atoms with van der Waals surface area (Å²) in [6.07, 6.45) is 2.03. The van der Waals surface area contributed by atoms with Crippen LogP contribution in [0.1, 0.15) is 41.3 Å². The lowest BCUT2D eigenvalue weighted by molar-refractivity contribution is 0.0374. The minimum absolute atomic E-state index is 0.163. The highest BCUT2D eigenvalue weighted by Crippen LogP contribution is 2.36. The van der Waals surface area contributed by atoms with Crippen LogP contribution in [-0.4, -0.2) is 18.5 Å². The number of ketones is 1. The van der Waals surface area contributed by atoms with Crippen LogP contribution in [0.4, 0.5) is 0 Å². The van der Waals surface area contributed by atoms with Gasteiger partial charge in [-0.3, -0.25) is 4.79 Å². The first kappa shape index (κ1) is 12.3. The zero-order chi connectivity index (χ0) is 12.4. The number of Topliss-reactive ketones (excluding diaryl/α,β-unsaturated/α-hetero) is 1. The van der Waals surface area contributed by atoms with Gasteiger partial charge in [0.2, 0.25) is 0 Å². The second-order valence-electron chi connectivity index (χ2n) is 4.83. The number of ether oxygens (including phenoxy) is 1. The molecule has 0 radical (unpaired) electrons. The van der Waals surface area contributed by atoms with Gasteiger partial charge in [0.05, 0.1) is 0 Å². The smallest absolute Gasteiger partial charge is 0.192 e.